The third kappa shape index (κ3) is 3.02. The minimum atomic E-state index is -0.141. The molecule has 3 heteroatoms. The summed E-state index contributed by atoms with van der Waals surface area (Å²) in [5.74, 6) is -0.141. The topological polar surface area (TPSA) is 15.3 Å². The molecule has 1 fully saturated rings. The van der Waals surface area contributed by atoms with E-state index >= 15 is 0 Å². The van der Waals surface area contributed by atoms with Gasteiger partial charge in [-0.25, -0.2) is 4.39 Å². The van der Waals surface area contributed by atoms with Crippen molar-refractivity contribution < 1.29 is 4.39 Å². The minimum absolute atomic E-state index is 0.141. The first-order valence-electron chi connectivity index (χ1n) is 7.00. The van der Waals surface area contributed by atoms with Gasteiger partial charge in [0.05, 0.1) is 0 Å². The lowest BCUT2D eigenvalue weighted by Crippen LogP contribution is -2.24. The average molecular weight is 250 g/mol. The molecule has 1 aromatic rings. The quantitative estimate of drug-likeness (QED) is 0.860. The van der Waals surface area contributed by atoms with E-state index in [4.69, 9.17) is 0 Å². The Morgan fingerprint density at radius 1 is 1.33 bits per heavy atom. The monoisotopic (exact) mass is 250 g/mol. The van der Waals surface area contributed by atoms with Gasteiger partial charge in [-0.1, -0.05) is 6.92 Å². The molecular weight excluding hydrogens is 227 g/mol. The van der Waals surface area contributed by atoms with Crippen LogP contribution in [0.5, 0.6) is 0 Å². The SMILES string of the molecule is CCCNC(C)c1cc(F)ccc1N1CCCC1. The van der Waals surface area contributed by atoms with Crippen molar-refractivity contribution in [2.45, 2.75) is 39.2 Å². The summed E-state index contributed by atoms with van der Waals surface area (Å²) in [4.78, 5) is 2.37. The predicted octanol–water partition coefficient (Wildman–Crippen LogP) is 3.49. The van der Waals surface area contributed by atoms with E-state index in [0.29, 0.717) is 0 Å². The van der Waals surface area contributed by atoms with Crippen molar-refractivity contribution in [2.24, 2.45) is 0 Å². The molecule has 100 valence electrons. The van der Waals surface area contributed by atoms with Gasteiger partial charge in [-0.3, -0.25) is 0 Å². The summed E-state index contributed by atoms with van der Waals surface area (Å²) in [6.45, 7) is 7.42. The Hall–Kier alpha value is -1.09. The Labute approximate surface area is 109 Å². The predicted molar refractivity (Wildman–Crippen MR) is 74.6 cm³/mol. The number of benzene rings is 1. The van der Waals surface area contributed by atoms with Gasteiger partial charge in [0.25, 0.3) is 0 Å². The Morgan fingerprint density at radius 3 is 2.72 bits per heavy atom. The molecule has 1 aromatic carbocycles. The van der Waals surface area contributed by atoms with Gasteiger partial charge in [0.2, 0.25) is 0 Å². The van der Waals surface area contributed by atoms with E-state index in [0.717, 1.165) is 31.6 Å². The zero-order valence-corrected chi connectivity index (χ0v) is 11.4. The van der Waals surface area contributed by atoms with Gasteiger partial charge in [-0.2, -0.15) is 0 Å². The van der Waals surface area contributed by atoms with Gasteiger partial charge in [0, 0.05) is 24.8 Å². The lowest BCUT2D eigenvalue weighted by atomic mass is 10.0. The van der Waals surface area contributed by atoms with Gasteiger partial charge in [-0.05, 0) is 56.5 Å². The fourth-order valence-corrected chi connectivity index (χ4v) is 2.59. The Morgan fingerprint density at radius 2 is 2.06 bits per heavy atom. The first-order chi connectivity index (χ1) is 8.72. The molecule has 18 heavy (non-hydrogen) atoms. The molecule has 0 bridgehead atoms. The smallest absolute Gasteiger partial charge is 0.123 e. The van der Waals surface area contributed by atoms with Gasteiger partial charge < -0.3 is 10.2 Å². The van der Waals surface area contributed by atoms with Crippen molar-refractivity contribution in [3.8, 4) is 0 Å². The van der Waals surface area contributed by atoms with Gasteiger partial charge in [0.1, 0.15) is 5.82 Å². The van der Waals surface area contributed by atoms with E-state index in [9.17, 15) is 4.39 Å². The number of nitrogens with zero attached hydrogens (tertiary/aromatic N) is 1. The van der Waals surface area contributed by atoms with Crippen molar-refractivity contribution in [2.75, 3.05) is 24.5 Å². The number of anilines is 1. The molecule has 0 saturated carbocycles. The van der Waals surface area contributed by atoms with E-state index in [1.54, 1.807) is 12.1 Å². The molecule has 0 radical (unpaired) electrons. The largest absolute Gasteiger partial charge is 0.371 e. The van der Waals surface area contributed by atoms with Crippen molar-refractivity contribution in [3.63, 3.8) is 0 Å². The average Bonchev–Trinajstić information content (AvgIpc) is 2.89. The van der Waals surface area contributed by atoms with Crippen molar-refractivity contribution in [1.82, 2.24) is 5.32 Å². The maximum Gasteiger partial charge on any atom is 0.123 e. The summed E-state index contributed by atoms with van der Waals surface area (Å²) in [5.41, 5.74) is 2.29. The first-order valence-corrected chi connectivity index (χ1v) is 7.00. The molecule has 1 aliphatic rings. The number of rotatable bonds is 5. The molecular formula is C15H23FN2. The summed E-state index contributed by atoms with van der Waals surface area (Å²) in [5, 5.41) is 3.45. The molecule has 1 aliphatic heterocycles. The highest BCUT2D eigenvalue weighted by Crippen LogP contribution is 2.29. The van der Waals surface area contributed by atoms with Crippen LogP contribution >= 0.6 is 0 Å². The van der Waals surface area contributed by atoms with E-state index in [1.165, 1.54) is 18.5 Å². The zero-order valence-electron chi connectivity index (χ0n) is 11.4. The van der Waals surface area contributed by atoms with Crippen LogP contribution in [-0.2, 0) is 0 Å². The minimum Gasteiger partial charge on any atom is -0.371 e. The van der Waals surface area contributed by atoms with E-state index < -0.39 is 0 Å². The fraction of sp³-hybridized carbons (Fsp3) is 0.600. The molecule has 0 amide bonds. The highest BCUT2D eigenvalue weighted by molar-refractivity contribution is 5.55. The van der Waals surface area contributed by atoms with Gasteiger partial charge >= 0.3 is 0 Å². The number of hydrogen-bond acceptors (Lipinski definition) is 2. The lowest BCUT2D eigenvalue weighted by molar-refractivity contribution is 0.561. The molecule has 2 rings (SSSR count). The van der Waals surface area contributed by atoms with Crippen LogP contribution in [0.1, 0.15) is 44.7 Å². The van der Waals surface area contributed by atoms with Crippen LogP contribution in [0.3, 0.4) is 0 Å². The zero-order chi connectivity index (χ0) is 13.0. The third-order valence-corrected chi connectivity index (χ3v) is 3.60. The second-order valence-corrected chi connectivity index (χ2v) is 5.07. The summed E-state index contributed by atoms with van der Waals surface area (Å²) < 4.78 is 13.5. The highest BCUT2D eigenvalue weighted by Gasteiger charge is 2.18. The van der Waals surface area contributed by atoms with Crippen molar-refractivity contribution in [3.05, 3.63) is 29.6 Å². The molecule has 1 unspecified atom stereocenters. The van der Waals surface area contributed by atoms with Crippen LogP contribution in [-0.4, -0.2) is 19.6 Å². The molecule has 1 atom stereocenters. The van der Waals surface area contributed by atoms with Crippen molar-refractivity contribution >= 4 is 5.69 Å². The maximum atomic E-state index is 13.5. The first kappa shape index (κ1) is 13.3. The van der Waals surface area contributed by atoms with Crippen LogP contribution < -0.4 is 10.2 Å². The number of nitrogens with one attached hydrogen (secondary N) is 1. The summed E-state index contributed by atoms with van der Waals surface area (Å²) >= 11 is 0. The van der Waals surface area contributed by atoms with Gasteiger partial charge in [-0.15, -0.1) is 0 Å². The standard InChI is InChI=1S/C15H23FN2/c1-3-8-17-12(2)14-11-13(16)6-7-15(14)18-9-4-5-10-18/h6-7,11-12,17H,3-5,8-10H2,1-2H3. The molecule has 1 N–H and O–H groups in total. The Bertz CT molecular complexity index is 386. The second-order valence-electron chi connectivity index (χ2n) is 5.07. The maximum absolute atomic E-state index is 13.5. The van der Waals surface area contributed by atoms with E-state index in [-0.39, 0.29) is 11.9 Å². The highest BCUT2D eigenvalue weighted by atomic mass is 19.1. The molecule has 2 nitrogen and oxygen atoms in total. The number of halogens is 1. The second kappa shape index (κ2) is 6.19. The Balaban J connectivity index is 2.22. The van der Waals surface area contributed by atoms with Crippen LogP contribution in [0.25, 0.3) is 0 Å². The summed E-state index contributed by atoms with van der Waals surface area (Å²) in [6.07, 6.45) is 3.58. The number of hydrogen-bond donors (Lipinski definition) is 1. The van der Waals surface area contributed by atoms with Crippen LogP contribution in [0.15, 0.2) is 18.2 Å². The normalized spacial score (nSPS) is 17.2. The molecule has 1 saturated heterocycles. The van der Waals surface area contributed by atoms with Crippen LogP contribution in [0.2, 0.25) is 0 Å². The third-order valence-electron chi connectivity index (χ3n) is 3.60. The van der Waals surface area contributed by atoms with Crippen molar-refractivity contribution in [1.29, 1.82) is 0 Å². The summed E-state index contributed by atoms with van der Waals surface area (Å²) in [7, 11) is 0. The van der Waals surface area contributed by atoms with E-state index in [1.807, 2.05) is 6.07 Å². The fourth-order valence-electron chi connectivity index (χ4n) is 2.59. The molecule has 0 aliphatic carbocycles. The van der Waals surface area contributed by atoms with Crippen LogP contribution in [0, 0.1) is 5.82 Å². The molecule has 0 spiro atoms. The van der Waals surface area contributed by atoms with E-state index in [2.05, 4.69) is 24.1 Å². The van der Waals surface area contributed by atoms with Gasteiger partial charge in [0.15, 0.2) is 0 Å². The molecule has 1 heterocycles. The van der Waals surface area contributed by atoms with Crippen LogP contribution in [0.4, 0.5) is 10.1 Å². The summed E-state index contributed by atoms with van der Waals surface area (Å²) in [6, 6.07) is 5.39. The Kier molecular flexibility index (Phi) is 4.59. The molecule has 0 aromatic heterocycles. The lowest BCUT2D eigenvalue weighted by Gasteiger charge is -2.25.